The number of nitrogens with one attached hydrogen (secondary N) is 4. The average molecular weight is 491 g/mol. The number of sulfonamides is 1. The van der Waals surface area contributed by atoms with Crippen LogP contribution in [-0.4, -0.2) is 46.0 Å². The average Bonchev–Trinajstić information content (AvgIpc) is 2.81. The van der Waals surface area contributed by atoms with E-state index in [0.29, 0.717) is 17.8 Å². The fourth-order valence-electron chi connectivity index (χ4n) is 2.93. The Kier molecular flexibility index (Phi) is 9.87. The van der Waals surface area contributed by atoms with Gasteiger partial charge in [0.05, 0.1) is 18.6 Å². The van der Waals surface area contributed by atoms with E-state index in [9.17, 15) is 22.8 Å². The summed E-state index contributed by atoms with van der Waals surface area (Å²) in [5, 5.41) is 7.50. The molecule has 2 aromatic rings. The summed E-state index contributed by atoms with van der Waals surface area (Å²) >= 11 is 0. The summed E-state index contributed by atoms with van der Waals surface area (Å²) in [5.41, 5.74) is 1.67. The molecule has 184 valence electrons. The predicted molar refractivity (Wildman–Crippen MR) is 129 cm³/mol. The van der Waals surface area contributed by atoms with Crippen LogP contribution >= 0.6 is 0 Å². The van der Waals surface area contributed by atoms with Crippen LogP contribution in [0.4, 0.5) is 16.2 Å². The molecule has 0 fully saturated rings. The summed E-state index contributed by atoms with van der Waals surface area (Å²) < 4.78 is 32.1. The molecule has 0 heterocycles. The largest absolute Gasteiger partial charge is 0.467 e. The van der Waals surface area contributed by atoms with E-state index in [1.54, 1.807) is 12.1 Å². The number of hydrogen-bond acceptors (Lipinski definition) is 6. The van der Waals surface area contributed by atoms with Gasteiger partial charge in [0.2, 0.25) is 5.91 Å². The number of amides is 3. The molecular weight excluding hydrogens is 460 g/mol. The number of hydrogen-bond donors (Lipinski definition) is 4. The molecule has 10 nitrogen and oxygen atoms in total. The molecule has 0 aliphatic heterocycles. The van der Waals surface area contributed by atoms with Crippen LogP contribution in [0.15, 0.2) is 53.4 Å². The van der Waals surface area contributed by atoms with Gasteiger partial charge in [-0.3, -0.25) is 9.52 Å². The van der Waals surface area contributed by atoms with Crippen molar-refractivity contribution < 1.29 is 27.5 Å². The van der Waals surface area contributed by atoms with Gasteiger partial charge < -0.3 is 20.7 Å². The minimum Gasteiger partial charge on any atom is -0.467 e. The molecule has 0 saturated carbocycles. The van der Waals surface area contributed by atoms with Crippen molar-refractivity contribution in [3.8, 4) is 0 Å². The Hall–Kier alpha value is -3.60. The lowest BCUT2D eigenvalue weighted by Crippen LogP contribution is -2.46. The highest BCUT2D eigenvalue weighted by Gasteiger charge is 2.21. The minimum absolute atomic E-state index is 0.141. The number of esters is 1. The normalized spacial score (nSPS) is 11.7. The third kappa shape index (κ3) is 8.39. The fourth-order valence-corrected chi connectivity index (χ4v) is 3.99. The maximum absolute atomic E-state index is 12.5. The second-order valence-corrected chi connectivity index (χ2v) is 9.27. The van der Waals surface area contributed by atoms with E-state index in [1.165, 1.54) is 43.5 Å². The number of carbonyl (C=O) groups is 3. The van der Waals surface area contributed by atoms with Crippen molar-refractivity contribution in [1.82, 2.24) is 10.6 Å². The Morgan fingerprint density at radius 2 is 1.59 bits per heavy atom. The van der Waals surface area contributed by atoms with Crippen LogP contribution in [0.1, 0.15) is 31.7 Å². The third-order valence-corrected chi connectivity index (χ3v) is 6.20. The highest BCUT2D eigenvalue weighted by atomic mass is 32.2. The molecule has 0 aliphatic carbocycles. The summed E-state index contributed by atoms with van der Waals surface area (Å²) in [7, 11) is -2.49. The zero-order valence-electron chi connectivity index (χ0n) is 19.4. The van der Waals surface area contributed by atoms with Crippen LogP contribution < -0.4 is 20.7 Å². The second kappa shape index (κ2) is 12.6. The van der Waals surface area contributed by atoms with E-state index in [-0.39, 0.29) is 11.4 Å². The number of unbranched alkanes of at least 4 members (excludes halogenated alkanes) is 1. The maximum atomic E-state index is 12.5. The van der Waals surface area contributed by atoms with E-state index >= 15 is 0 Å². The van der Waals surface area contributed by atoms with Crippen LogP contribution in [0.3, 0.4) is 0 Å². The first-order valence-electron chi connectivity index (χ1n) is 10.8. The molecule has 2 rings (SSSR count). The summed E-state index contributed by atoms with van der Waals surface area (Å²) in [5.74, 6) is -1.06. The second-order valence-electron chi connectivity index (χ2n) is 7.59. The van der Waals surface area contributed by atoms with Crippen LogP contribution in [0.25, 0.3) is 0 Å². The zero-order chi connectivity index (χ0) is 25.1. The van der Waals surface area contributed by atoms with Crippen molar-refractivity contribution in [2.24, 2.45) is 0 Å². The molecule has 2 aromatic carbocycles. The topological polar surface area (TPSA) is 143 Å². The van der Waals surface area contributed by atoms with E-state index in [2.05, 4.69) is 25.4 Å². The number of anilines is 2. The summed E-state index contributed by atoms with van der Waals surface area (Å²) in [6.45, 7) is 3.50. The Morgan fingerprint density at radius 3 is 2.18 bits per heavy atom. The number of carbonyl (C=O) groups excluding carboxylic acids is 3. The van der Waals surface area contributed by atoms with Crippen molar-refractivity contribution in [3.63, 3.8) is 0 Å². The van der Waals surface area contributed by atoms with Crippen molar-refractivity contribution in [3.05, 3.63) is 54.1 Å². The van der Waals surface area contributed by atoms with Gasteiger partial charge in [-0.25, -0.2) is 18.0 Å². The van der Waals surface area contributed by atoms with Crippen LogP contribution in [0.2, 0.25) is 0 Å². The van der Waals surface area contributed by atoms with Crippen molar-refractivity contribution >= 4 is 39.3 Å². The lowest BCUT2D eigenvalue weighted by molar-refractivity contribution is -0.145. The fraction of sp³-hybridized carbons (Fsp3) is 0.348. The zero-order valence-corrected chi connectivity index (χ0v) is 20.2. The van der Waals surface area contributed by atoms with Gasteiger partial charge in [-0.1, -0.05) is 37.5 Å². The van der Waals surface area contributed by atoms with Gasteiger partial charge in [0.15, 0.2) is 0 Å². The van der Waals surface area contributed by atoms with Crippen LogP contribution in [0.5, 0.6) is 0 Å². The summed E-state index contributed by atoms with van der Waals surface area (Å²) in [6, 6.07) is 11.1. The Morgan fingerprint density at radius 1 is 0.971 bits per heavy atom. The number of aryl methyl sites for hydroxylation is 1. The molecule has 0 saturated heterocycles. The smallest absolute Gasteiger partial charge is 0.328 e. The van der Waals surface area contributed by atoms with Crippen LogP contribution in [-0.2, 0) is 24.3 Å². The number of ether oxygens (including phenoxy) is 1. The Bertz CT molecular complexity index is 1090. The molecule has 0 aromatic heterocycles. The first-order chi connectivity index (χ1) is 16.1. The summed E-state index contributed by atoms with van der Waals surface area (Å²) in [6.07, 6.45) is 2.04. The number of urea groups is 1. The van der Waals surface area contributed by atoms with Gasteiger partial charge in [-0.15, -0.1) is 0 Å². The number of rotatable bonds is 11. The molecular formula is C23H30N4O6S. The summed E-state index contributed by atoms with van der Waals surface area (Å²) in [4.78, 5) is 36.1. The molecule has 34 heavy (non-hydrogen) atoms. The SMILES string of the molecule is CCCC[C@@H](NC(=O)CNC(=O)Nc1ccc(NS(=O)(=O)c2ccc(C)cc2)cc1)C(=O)OC. The van der Waals surface area contributed by atoms with E-state index in [0.717, 1.165) is 18.4 Å². The lowest BCUT2D eigenvalue weighted by atomic mass is 10.1. The molecule has 1 atom stereocenters. The van der Waals surface area contributed by atoms with Gasteiger partial charge in [0.25, 0.3) is 10.0 Å². The monoisotopic (exact) mass is 490 g/mol. The molecule has 0 bridgehead atoms. The first kappa shape index (κ1) is 26.7. The number of benzene rings is 2. The highest BCUT2D eigenvalue weighted by molar-refractivity contribution is 7.92. The van der Waals surface area contributed by atoms with Gasteiger partial charge in [0.1, 0.15) is 6.04 Å². The van der Waals surface area contributed by atoms with E-state index < -0.39 is 34.0 Å². The van der Waals surface area contributed by atoms with Gasteiger partial charge in [0, 0.05) is 11.4 Å². The molecule has 0 aliphatic rings. The van der Waals surface area contributed by atoms with Crippen LogP contribution in [0, 0.1) is 6.92 Å². The Labute approximate surface area is 199 Å². The minimum atomic E-state index is -3.74. The maximum Gasteiger partial charge on any atom is 0.328 e. The van der Waals surface area contributed by atoms with Crippen molar-refractivity contribution in [1.29, 1.82) is 0 Å². The van der Waals surface area contributed by atoms with Gasteiger partial charge in [-0.2, -0.15) is 0 Å². The Balaban J connectivity index is 1.85. The van der Waals surface area contributed by atoms with Crippen molar-refractivity contribution in [2.75, 3.05) is 23.7 Å². The molecule has 4 N–H and O–H groups in total. The van der Waals surface area contributed by atoms with E-state index in [1.807, 2.05) is 13.8 Å². The predicted octanol–water partition coefficient (Wildman–Crippen LogP) is 2.77. The highest BCUT2D eigenvalue weighted by Crippen LogP contribution is 2.18. The molecule has 0 radical (unpaired) electrons. The molecule has 3 amide bonds. The molecule has 0 unspecified atom stereocenters. The number of methoxy groups -OCH3 is 1. The molecule has 0 spiro atoms. The first-order valence-corrected chi connectivity index (χ1v) is 12.2. The van der Waals surface area contributed by atoms with Crippen molar-refractivity contribution in [2.45, 2.75) is 44.0 Å². The standard InChI is InChI=1S/C23H30N4O6S/c1-4-5-6-20(22(29)33-3)26-21(28)15-24-23(30)25-17-9-11-18(12-10-17)27-34(31,32)19-13-7-16(2)8-14-19/h7-14,20,27H,4-6,15H2,1-3H3,(H,26,28)(H2,24,25,30)/t20-/m1/s1. The molecule has 11 heteroatoms. The van der Waals surface area contributed by atoms with Gasteiger partial charge in [-0.05, 0) is 49.7 Å². The van der Waals surface area contributed by atoms with E-state index in [4.69, 9.17) is 0 Å². The quantitative estimate of drug-likeness (QED) is 0.357. The lowest BCUT2D eigenvalue weighted by Gasteiger charge is -2.16. The van der Waals surface area contributed by atoms with Gasteiger partial charge >= 0.3 is 12.0 Å². The third-order valence-electron chi connectivity index (χ3n) is 4.80.